The average molecular weight is 336 g/mol. The number of rotatable bonds is 3. The van der Waals surface area contributed by atoms with E-state index >= 15 is 0 Å². The molecule has 0 atom stereocenters. The van der Waals surface area contributed by atoms with E-state index in [-0.39, 0.29) is 11.4 Å². The number of anilines is 3. The fourth-order valence-corrected chi connectivity index (χ4v) is 2.66. The number of nitrogens with zero attached hydrogens (tertiary/aromatic N) is 1. The van der Waals surface area contributed by atoms with Crippen molar-refractivity contribution in [2.45, 2.75) is 13.8 Å². The zero-order valence-electron chi connectivity index (χ0n) is 11.1. The monoisotopic (exact) mass is 335 g/mol. The molecule has 1 aromatic heterocycles. The first-order valence-electron chi connectivity index (χ1n) is 5.91. The van der Waals surface area contributed by atoms with Crippen molar-refractivity contribution in [2.75, 3.05) is 11.1 Å². The van der Waals surface area contributed by atoms with E-state index in [1.54, 1.807) is 0 Å². The molecule has 0 bridgehead atoms. The van der Waals surface area contributed by atoms with Crippen molar-refractivity contribution in [1.82, 2.24) is 4.98 Å². The summed E-state index contributed by atoms with van der Waals surface area (Å²) >= 11 is 3.43. The van der Waals surface area contributed by atoms with Crippen LogP contribution in [0, 0.1) is 13.8 Å². The highest BCUT2D eigenvalue weighted by Crippen LogP contribution is 2.29. The molecule has 6 heteroatoms. The molecule has 4 N–H and O–H groups in total. The predicted molar refractivity (Wildman–Crippen MR) is 82.5 cm³/mol. The number of aromatic nitrogens is 1. The van der Waals surface area contributed by atoms with Gasteiger partial charge in [0, 0.05) is 10.2 Å². The van der Waals surface area contributed by atoms with Gasteiger partial charge in [-0.15, -0.1) is 0 Å². The number of hydrogen-bond acceptors (Lipinski definition) is 4. The molecule has 0 unspecified atom stereocenters. The van der Waals surface area contributed by atoms with Crippen LogP contribution in [0.3, 0.4) is 0 Å². The number of pyridine rings is 1. The fourth-order valence-electron chi connectivity index (χ4n) is 1.97. The number of carbonyl (C=O) groups is 1. The maximum absolute atomic E-state index is 11.2. The van der Waals surface area contributed by atoms with Gasteiger partial charge in [-0.2, -0.15) is 0 Å². The molecular weight excluding hydrogens is 322 g/mol. The Morgan fingerprint density at radius 2 is 1.90 bits per heavy atom. The van der Waals surface area contributed by atoms with Gasteiger partial charge in [-0.3, -0.25) is 0 Å². The highest BCUT2D eigenvalue weighted by atomic mass is 79.9. The van der Waals surface area contributed by atoms with E-state index in [2.05, 4.69) is 26.2 Å². The number of carboxylic acids is 1. The molecule has 0 fully saturated rings. The second-order valence-corrected chi connectivity index (χ2v) is 5.43. The Morgan fingerprint density at radius 3 is 2.45 bits per heavy atom. The minimum absolute atomic E-state index is 0.0479. The van der Waals surface area contributed by atoms with Crippen LogP contribution in [0.4, 0.5) is 17.2 Å². The van der Waals surface area contributed by atoms with Crippen LogP contribution in [0.15, 0.2) is 28.9 Å². The average Bonchev–Trinajstić information content (AvgIpc) is 2.34. The third-order valence-corrected chi connectivity index (χ3v) is 3.34. The summed E-state index contributed by atoms with van der Waals surface area (Å²) in [7, 11) is 0. The molecule has 0 radical (unpaired) electrons. The van der Waals surface area contributed by atoms with Crippen molar-refractivity contribution < 1.29 is 9.90 Å². The summed E-state index contributed by atoms with van der Waals surface area (Å²) in [4.78, 5) is 15.3. The lowest BCUT2D eigenvalue weighted by Gasteiger charge is -2.14. The van der Waals surface area contributed by atoms with Crippen LogP contribution in [-0.4, -0.2) is 16.1 Å². The number of hydrogen-bond donors (Lipinski definition) is 3. The first kappa shape index (κ1) is 14.3. The van der Waals surface area contributed by atoms with Crippen LogP contribution in [0.25, 0.3) is 0 Å². The third-order valence-electron chi connectivity index (χ3n) is 2.88. The Kier molecular flexibility index (Phi) is 3.94. The number of nitrogen functional groups attached to an aromatic ring is 1. The summed E-state index contributed by atoms with van der Waals surface area (Å²) in [5, 5.41) is 12.3. The van der Waals surface area contributed by atoms with E-state index in [0.717, 1.165) is 21.3 Å². The number of benzene rings is 1. The van der Waals surface area contributed by atoms with Crippen LogP contribution in [0.1, 0.15) is 21.5 Å². The molecule has 1 heterocycles. The number of halogens is 1. The normalized spacial score (nSPS) is 10.3. The molecule has 0 aliphatic rings. The van der Waals surface area contributed by atoms with Gasteiger partial charge in [-0.05, 0) is 43.2 Å². The molecule has 0 spiro atoms. The Bertz CT molecular complexity index is 663. The van der Waals surface area contributed by atoms with Crippen molar-refractivity contribution in [2.24, 2.45) is 0 Å². The summed E-state index contributed by atoms with van der Waals surface area (Å²) in [5.41, 5.74) is 8.77. The lowest BCUT2D eigenvalue weighted by atomic mass is 10.1. The Labute approximate surface area is 125 Å². The number of aryl methyl sites for hydroxylation is 2. The van der Waals surface area contributed by atoms with Crippen molar-refractivity contribution >= 4 is 39.1 Å². The zero-order valence-corrected chi connectivity index (χ0v) is 12.7. The molecule has 0 aliphatic carbocycles. The van der Waals surface area contributed by atoms with E-state index in [0.29, 0.717) is 5.69 Å². The Morgan fingerprint density at radius 1 is 1.30 bits per heavy atom. The summed E-state index contributed by atoms with van der Waals surface area (Å²) in [6.07, 6.45) is 1.43. The van der Waals surface area contributed by atoms with E-state index in [1.165, 1.54) is 12.3 Å². The van der Waals surface area contributed by atoms with Gasteiger partial charge < -0.3 is 16.2 Å². The Balaban J connectivity index is 2.48. The molecule has 20 heavy (non-hydrogen) atoms. The zero-order chi connectivity index (χ0) is 14.9. The predicted octanol–water partition coefficient (Wildman–Crippen LogP) is 3.48. The summed E-state index contributed by atoms with van der Waals surface area (Å²) in [6.45, 7) is 3.88. The molecule has 0 amide bonds. The van der Waals surface area contributed by atoms with Gasteiger partial charge in [0.25, 0.3) is 0 Å². The third kappa shape index (κ3) is 2.91. The maximum Gasteiger partial charge on any atom is 0.339 e. The maximum atomic E-state index is 11.2. The van der Waals surface area contributed by atoms with Gasteiger partial charge in [-0.25, -0.2) is 9.78 Å². The van der Waals surface area contributed by atoms with Crippen LogP contribution in [-0.2, 0) is 0 Å². The van der Waals surface area contributed by atoms with E-state index in [1.807, 2.05) is 26.0 Å². The smallest absolute Gasteiger partial charge is 0.339 e. The van der Waals surface area contributed by atoms with Gasteiger partial charge >= 0.3 is 5.97 Å². The fraction of sp³-hybridized carbons (Fsp3) is 0.143. The van der Waals surface area contributed by atoms with Gasteiger partial charge in [-0.1, -0.05) is 15.9 Å². The topological polar surface area (TPSA) is 88.2 Å². The van der Waals surface area contributed by atoms with Crippen LogP contribution >= 0.6 is 15.9 Å². The van der Waals surface area contributed by atoms with Crippen LogP contribution in [0.5, 0.6) is 0 Å². The first-order valence-corrected chi connectivity index (χ1v) is 6.70. The first-order chi connectivity index (χ1) is 9.38. The van der Waals surface area contributed by atoms with Crippen molar-refractivity contribution in [1.29, 1.82) is 0 Å². The SMILES string of the molecule is Cc1cc(Br)cc(C)c1Nc1ncc(N)cc1C(=O)O. The van der Waals surface area contributed by atoms with Gasteiger partial charge in [0.2, 0.25) is 0 Å². The molecule has 1 aromatic carbocycles. The molecule has 5 nitrogen and oxygen atoms in total. The molecule has 0 saturated carbocycles. The molecule has 2 rings (SSSR count). The van der Waals surface area contributed by atoms with Crippen LogP contribution in [0.2, 0.25) is 0 Å². The van der Waals surface area contributed by atoms with E-state index in [9.17, 15) is 9.90 Å². The van der Waals surface area contributed by atoms with E-state index in [4.69, 9.17) is 5.73 Å². The summed E-state index contributed by atoms with van der Waals surface area (Å²) < 4.78 is 0.974. The minimum atomic E-state index is -1.07. The van der Waals surface area contributed by atoms with Crippen molar-refractivity contribution in [3.05, 3.63) is 45.6 Å². The molecular formula is C14H14BrN3O2. The second-order valence-electron chi connectivity index (χ2n) is 4.51. The second kappa shape index (κ2) is 5.50. The molecule has 0 saturated heterocycles. The standard InChI is InChI=1S/C14H14BrN3O2/c1-7-3-9(15)4-8(2)12(7)18-13-11(14(19)20)5-10(16)6-17-13/h3-6H,16H2,1-2H3,(H,17,18)(H,19,20). The quantitative estimate of drug-likeness (QED) is 0.799. The number of carboxylic acid groups (broad SMARTS) is 1. The minimum Gasteiger partial charge on any atom is -0.478 e. The largest absolute Gasteiger partial charge is 0.478 e. The number of nitrogens with one attached hydrogen (secondary N) is 1. The van der Waals surface area contributed by atoms with Crippen molar-refractivity contribution in [3.8, 4) is 0 Å². The van der Waals surface area contributed by atoms with Gasteiger partial charge in [0.05, 0.1) is 11.9 Å². The van der Waals surface area contributed by atoms with Crippen LogP contribution < -0.4 is 11.1 Å². The lowest BCUT2D eigenvalue weighted by Crippen LogP contribution is -2.07. The Hall–Kier alpha value is -2.08. The lowest BCUT2D eigenvalue weighted by molar-refractivity contribution is 0.0697. The molecule has 104 valence electrons. The molecule has 2 aromatic rings. The highest BCUT2D eigenvalue weighted by molar-refractivity contribution is 9.10. The summed E-state index contributed by atoms with van der Waals surface area (Å²) in [5.74, 6) is -0.792. The van der Waals surface area contributed by atoms with Gasteiger partial charge in [0.15, 0.2) is 0 Å². The highest BCUT2D eigenvalue weighted by Gasteiger charge is 2.14. The number of aromatic carboxylic acids is 1. The molecule has 0 aliphatic heterocycles. The van der Waals surface area contributed by atoms with Crippen molar-refractivity contribution in [3.63, 3.8) is 0 Å². The van der Waals surface area contributed by atoms with E-state index < -0.39 is 5.97 Å². The summed E-state index contributed by atoms with van der Waals surface area (Å²) in [6, 6.07) is 5.29. The number of nitrogens with two attached hydrogens (primary N) is 1. The van der Waals surface area contributed by atoms with Gasteiger partial charge in [0.1, 0.15) is 11.4 Å².